The van der Waals surface area contributed by atoms with Crippen molar-refractivity contribution in [1.29, 1.82) is 0 Å². The zero-order valence-corrected chi connectivity index (χ0v) is 31.1. The highest BCUT2D eigenvalue weighted by Gasteiger charge is 2.89. The molecule has 2 aromatic carbocycles. The van der Waals surface area contributed by atoms with Gasteiger partial charge in [-0.15, -0.1) is 0 Å². The highest BCUT2D eigenvalue weighted by molar-refractivity contribution is 7.92. The molecule has 1 unspecified atom stereocenters. The molecule has 0 aromatic heterocycles. The molecule has 12 nitrogen and oxygen atoms in total. The minimum atomic E-state index is -4.03. The molecule has 278 valence electrons. The molecular formula is C38H51N3O9S. The number of likely N-dealkylation sites (N-methyl/N-ethyl adjacent to an activating group) is 1. The number of para-hydroxylation sites is 1. The number of carbonyl (C=O) groups is 1. The van der Waals surface area contributed by atoms with Crippen molar-refractivity contribution in [2.75, 3.05) is 58.1 Å². The predicted octanol–water partition coefficient (Wildman–Crippen LogP) is 3.13. The number of carbonyl (C=O) groups excluding carboxylic acids is 1. The summed E-state index contributed by atoms with van der Waals surface area (Å²) in [5.74, 6) is -1.68. The molecule has 8 rings (SSSR count). The quantitative estimate of drug-likeness (QED) is 0.311. The Morgan fingerprint density at radius 2 is 1.73 bits per heavy atom. The van der Waals surface area contributed by atoms with Gasteiger partial charge in [0.1, 0.15) is 16.8 Å². The maximum absolute atomic E-state index is 14.5. The van der Waals surface area contributed by atoms with Gasteiger partial charge in [-0.1, -0.05) is 19.1 Å². The summed E-state index contributed by atoms with van der Waals surface area (Å²) in [6, 6.07) is 13.0. The molecule has 6 aliphatic rings. The van der Waals surface area contributed by atoms with Crippen LogP contribution in [-0.4, -0.2) is 119 Å². The summed E-state index contributed by atoms with van der Waals surface area (Å²) < 4.78 is 55.0. The van der Waals surface area contributed by atoms with Gasteiger partial charge < -0.3 is 34.1 Å². The topological polar surface area (TPSA) is 147 Å². The van der Waals surface area contributed by atoms with Crippen LogP contribution in [0.1, 0.15) is 49.4 Å². The molecule has 5 saturated carbocycles. The molecule has 2 aromatic rings. The summed E-state index contributed by atoms with van der Waals surface area (Å²) in [4.78, 5) is 18.8. The summed E-state index contributed by atoms with van der Waals surface area (Å²) in [5, 5.41) is 25.9. The lowest BCUT2D eigenvalue weighted by atomic mass is 9.44. The normalized spacial score (nSPS) is 42.0. The van der Waals surface area contributed by atoms with E-state index in [9.17, 15) is 23.4 Å². The van der Waals surface area contributed by atoms with Crippen molar-refractivity contribution in [2.24, 2.45) is 29.1 Å². The second-order valence-electron chi connectivity index (χ2n) is 16.0. The largest absolute Gasteiger partial charge is 0.454 e. The number of piperidine rings is 1. The van der Waals surface area contributed by atoms with Gasteiger partial charge in [-0.05, 0) is 68.6 Å². The number of aliphatic hydroxyl groups is 2. The highest BCUT2D eigenvalue weighted by Crippen LogP contribution is 2.79. The Bertz CT molecular complexity index is 1810. The lowest BCUT2D eigenvalue weighted by Crippen LogP contribution is -2.83. The lowest BCUT2D eigenvalue weighted by Gasteiger charge is -2.70. The molecule has 5 aliphatic carbocycles. The van der Waals surface area contributed by atoms with Gasteiger partial charge in [-0.25, -0.2) is 13.2 Å². The standard InChI is InChI=1S/C38H51N3O9S/c1-7-41-21-35(50-34(42)24-10-8-9-11-27(24)39-51(45,46)23-14-12-22(13-15-23)40(2)3)17-16-31(48-5)37-29(35)19-26(32(37)41)36(43)20-28(47-4)25-18-30(37)38(36,44)33(25)49-6/h8-15,25-26,28-33,39,43-44H,7,16-21H2,1-6H3/t25-,26+,28+,29-,30+,31+,32?,33+,35-,36+,37+,38+/m1/s1. The monoisotopic (exact) mass is 725 g/mol. The minimum Gasteiger partial charge on any atom is -0.454 e. The van der Waals surface area contributed by atoms with Crippen molar-refractivity contribution in [3.63, 3.8) is 0 Å². The Morgan fingerprint density at radius 1 is 1.00 bits per heavy atom. The van der Waals surface area contributed by atoms with Crippen molar-refractivity contribution in [2.45, 2.75) is 85.1 Å². The number of hydrogen-bond acceptors (Lipinski definition) is 11. The molecule has 3 N–H and O–H groups in total. The van der Waals surface area contributed by atoms with Gasteiger partial charge in [0.25, 0.3) is 10.0 Å². The average molecular weight is 726 g/mol. The van der Waals surface area contributed by atoms with Crippen LogP contribution in [0.2, 0.25) is 0 Å². The Morgan fingerprint density at radius 3 is 2.37 bits per heavy atom. The molecular weight excluding hydrogens is 674 g/mol. The smallest absolute Gasteiger partial charge is 0.340 e. The molecule has 0 radical (unpaired) electrons. The first-order valence-electron chi connectivity index (χ1n) is 18.2. The number of benzene rings is 2. The minimum absolute atomic E-state index is 0.0752. The van der Waals surface area contributed by atoms with Crippen molar-refractivity contribution >= 4 is 27.4 Å². The molecule has 0 amide bonds. The number of likely N-dealkylation sites (tertiary alicyclic amines) is 1. The van der Waals surface area contributed by atoms with Crippen molar-refractivity contribution in [3.05, 3.63) is 54.1 Å². The van der Waals surface area contributed by atoms with Crippen LogP contribution < -0.4 is 9.62 Å². The Hall–Kier alpha value is -2.78. The van der Waals surface area contributed by atoms with E-state index in [4.69, 9.17) is 18.9 Å². The van der Waals surface area contributed by atoms with E-state index in [2.05, 4.69) is 16.5 Å². The lowest BCUT2D eigenvalue weighted by molar-refractivity contribution is -0.337. The van der Waals surface area contributed by atoms with Gasteiger partial charge in [-0.3, -0.25) is 9.62 Å². The van der Waals surface area contributed by atoms with Gasteiger partial charge >= 0.3 is 5.97 Å². The van der Waals surface area contributed by atoms with Crippen LogP contribution in [0.25, 0.3) is 0 Å². The van der Waals surface area contributed by atoms with Crippen LogP contribution in [0.15, 0.2) is 53.4 Å². The van der Waals surface area contributed by atoms with Crippen LogP contribution in [0, 0.1) is 29.1 Å². The van der Waals surface area contributed by atoms with Crippen molar-refractivity contribution < 1.29 is 42.4 Å². The van der Waals surface area contributed by atoms with Crippen molar-refractivity contribution in [3.8, 4) is 0 Å². The average Bonchev–Trinajstić information content (AvgIpc) is 3.54. The zero-order valence-electron chi connectivity index (χ0n) is 30.2. The number of nitrogens with one attached hydrogen (secondary N) is 1. The second kappa shape index (κ2) is 11.9. The number of anilines is 2. The number of rotatable bonds is 10. The zero-order chi connectivity index (χ0) is 36.3. The highest BCUT2D eigenvalue weighted by atomic mass is 32.2. The molecule has 7 bridgehead atoms. The number of sulfonamides is 1. The number of nitrogens with zero attached hydrogens (tertiary/aromatic N) is 2. The van der Waals surface area contributed by atoms with E-state index >= 15 is 0 Å². The third kappa shape index (κ3) is 4.46. The third-order valence-corrected chi connectivity index (χ3v) is 15.6. The van der Waals surface area contributed by atoms with Gasteiger partial charge in [0.05, 0.1) is 34.5 Å². The first-order chi connectivity index (χ1) is 24.3. The number of esters is 1. The molecule has 12 atom stereocenters. The van der Waals surface area contributed by atoms with E-state index in [0.29, 0.717) is 45.2 Å². The second-order valence-corrected chi connectivity index (χ2v) is 17.7. The fourth-order valence-corrected chi connectivity index (χ4v) is 13.6. The Labute approximate surface area is 300 Å². The Balaban J connectivity index is 1.18. The molecule has 6 fully saturated rings. The number of methoxy groups -OCH3 is 3. The maximum Gasteiger partial charge on any atom is 0.340 e. The summed E-state index contributed by atoms with van der Waals surface area (Å²) in [7, 11) is 4.73. The summed E-state index contributed by atoms with van der Waals surface area (Å²) >= 11 is 0. The first kappa shape index (κ1) is 35.3. The molecule has 13 heteroatoms. The number of hydrogen-bond donors (Lipinski definition) is 3. The van der Waals surface area contributed by atoms with Crippen LogP contribution in [0.4, 0.5) is 11.4 Å². The molecule has 1 spiro atoms. The predicted molar refractivity (Wildman–Crippen MR) is 189 cm³/mol. The summed E-state index contributed by atoms with van der Waals surface area (Å²) in [5.41, 5.74) is -3.51. The van der Waals surface area contributed by atoms with E-state index in [0.717, 1.165) is 5.69 Å². The third-order valence-electron chi connectivity index (χ3n) is 14.2. The maximum atomic E-state index is 14.5. The van der Waals surface area contributed by atoms with Crippen LogP contribution in [0.3, 0.4) is 0 Å². The molecule has 1 heterocycles. The van der Waals surface area contributed by atoms with Gasteiger partial charge in [0, 0.05) is 89.2 Å². The van der Waals surface area contributed by atoms with Gasteiger partial charge in [0.2, 0.25) is 0 Å². The SMILES string of the molecule is CCN1C[C@]2(OC(=O)c3ccccc3NS(=O)(=O)c3ccc(N(C)C)cc3)CC[C@H](OC)[C@]34C1[C@H](C[C@H]23)[C@@]1(O)C[C@H](OC)[C@H]2C[C@@H]4[C@]1(O)[C@H]2OC. The van der Waals surface area contributed by atoms with E-state index in [1.54, 1.807) is 57.7 Å². The van der Waals surface area contributed by atoms with Crippen LogP contribution in [0.5, 0.6) is 0 Å². The van der Waals surface area contributed by atoms with E-state index in [-0.39, 0.29) is 52.1 Å². The molecule has 1 saturated heterocycles. The molecule has 1 aliphatic heterocycles. The summed E-state index contributed by atoms with van der Waals surface area (Å²) in [6.07, 6.45) is 1.46. The van der Waals surface area contributed by atoms with Crippen molar-refractivity contribution in [1.82, 2.24) is 4.90 Å². The van der Waals surface area contributed by atoms with Crippen LogP contribution >= 0.6 is 0 Å². The fourth-order valence-electron chi connectivity index (χ4n) is 12.5. The summed E-state index contributed by atoms with van der Waals surface area (Å²) in [6.45, 7) is 3.21. The fraction of sp³-hybridized carbons (Fsp3) is 0.658. The number of ether oxygens (including phenoxy) is 4. The van der Waals surface area contributed by atoms with E-state index in [1.165, 1.54) is 12.1 Å². The van der Waals surface area contributed by atoms with E-state index in [1.807, 2.05) is 19.0 Å². The Kier molecular flexibility index (Phi) is 8.20. The van der Waals surface area contributed by atoms with Gasteiger partial charge in [-0.2, -0.15) is 0 Å². The number of fused-ring (bicyclic) bond motifs is 2. The van der Waals surface area contributed by atoms with E-state index < -0.39 is 50.2 Å². The van der Waals surface area contributed by atoms with Crippen LogP contribution in [-0.2, 0) is 29.0 Å². The van der Waals surface area contributed by atoms with Gasteiger partial charge in [0.15, 0.2) is 0 Å². The molecule has 51 heavy (non-hydrogen) atoms. The first-order valence-corrected chi connectivity index (χ1v) is 19.7.